The lowest BCUT2D eigenvalue weighted by Gasteiger charge is -1.95. The average Bonchev–Trinajstić information content (AvgIpc) is 2.30. The lowest BCUT2D eigenvalue weighted by molar-refractivity contribution is 0.0680. The molecule has 0 bridgehead atoms. The molecule has 1 aromatic heterocycles. The standard InChI is InChI=1S/C5H4N2O5/c8-3-2(4(9)10)7(1-6-3)5(11)12/h1,8H,(H,9,10)(H,11,12). The van der Waals surface area contributed by atoms with Gasteiger partial charge in [-0.05, 0) is 0 Å². The van der Waals surface area contributed by atoms with Crippen molar-refractivity contribution in [2.24, 2.45) is 0 Å². The first-order valence-corrected chi connectivity index (χ1v) is 2.77. The molecule has 0 radical (unpaired) electrons. The van der Waals surface area contributed by atoms with Crippen molar-refractivity contribution in [3.8, 4) is 5.88 Å². The molecule has 0 saturated carbocycles. The van der Waals surface area contributed by atoms with E-state index < -0.39 is 23.6 Å². The molecule has 0 aliphatic carbocycles. The van der Waals surface area contributed by atoms with Crippen LogP contribution in [0.2, 0.25) is 0 Å². The van der Waals surface area contributed by atoms with Crippen LogP contribution in [-0.4, -0.2) is 36.9 Å². The van der Waals surface area contributed by atoms with E-state index in [1.807, 2.05) is 0 Å². The Morgan fingerprint density at radius 1 is 1.42 bits per heavy atom. The SMILES string of the molecule is O=C(O)c1c(O)ncn1C(=O)O. The van der Waals surface area contributed by atoms with E-state index in [2.05, 4.69) is 4.98 Å². The molecule has 7 nitrogen and oxygen atoms in total. The molecule has 1 aromatic rings. The quantitative estimate of drug-likeness (QED) is 0.541. The minimum atomic E-state index is -1.55. The average molecular weight is 172 g/mol. The minimum Gasteiger partial charge on any atom is -0.492 e. The van der Waals surface area contributed by atoms with E-state index in [4.69, 9.17) is 15.3 Å². The molecule has 3 N–H and O–H groups in total. The summed E-state index contributed by atoms with van der Waals surface area (Å²) in [6, 6.07) is 0. The Balaban J connectivity index is 3.31. The zero-order valence-corrected chi connectivity index (χ0v) is 5.63. The van der Waals surface area contributed by atoms with Crippen LogP contribution in [0.5, 0.6) is 5.88 Å². The van der Waals surface area contributed by atoms with E-state index in [1.165, 1.54) is 0 Å². The molecule has 0 aromatic carbocycles. The van der Waals surface area contributed by atoms with Crippen LogP contribution in [0, 0.1) is 0 Å². The highest BCUT2D eigenvalue weighted by atomic mass is 16.4. The molecule has 0 spiro atoms. The van der Waals surface area contributed by atoms with Gasteiger partial charge in [-0.25, -0.2) is 19.1 Å². The Hall–Kier alpha value is -2.05. The Morgan fingerprint density at radius 2 is 2.00 bits per heavy atom. The van der Waals surface area contributed by atoms with E-state index in [1.54, 1.807) is 0 Å². The summed E-state index contributed by atoms with van der Waals surface area (Å²) >= 11 is 0. The number of carbonyl (C=O) groups is 2. The molecule has 12 heavy (non-hydrogen) atoms. The van der Waals surface area contributed by atoms with Crippen LogP contribution in [0.3, 0.4) is 0 Å². The van der Waals surface area contributed by atoms with Crippen molar-refractivity contribution in [3.63, 3.8) is 0 Å². The van der Waals surface area contributed by atoms with E-state index in [0.717, 1.165) is 0 Å². The number of aromatic nitrogens is 2. The molecule has 7 heteroatoms. The Labute approximate surface area is 65.5 Å². The number of rotatable bonds is 1. The van der Waals surface area contributed by atoms with Crippen molar-refractivity contribution in [2.75, 3.05) is 0 Å². The number of carboxylic acids is 1. The topological polar surface area (TPSA) is 113 Å². The number of aromatic carboxylic acids is 1. The molecule has 0 aliphatic rings. The molecular formula is C5H4N2O5. The predicted molar refractivity (Wildman–Crippen MR) is 34.3 cm³/mol. The highest BCUT2D eigenvalue weighted by Gasteiger charge is 2.20. The van der Waals surface area contributed by atoms with Gasteiger partial charge in [-0.15, -0.1) is 0 Å². The largest absolute Gasteiger partial charge is 0.492 e. The van der Waals surface area contributed by atoms with Gasteiger partial charge in [-0.3, -0.25) is 0 Å². The van der Waals surface area contributed by atoms with Crippen LogP contribution in [0.15, 0.2) is 6.33 Å². The van der Waals surface area contributed by atoms with Crippen LogP contribution in [0.1, 0.15) is 10.5 Å². The molecule has 64 valence electrons. The summed E-state index contributed by atoms with van der Waals surface area (Å²) in [6.07, 6.45) is -0.804. The minimum absolute atomic E-state index is 0.317. The Bertz CT molecular complexity index is 342. The van der Waals surface area contributed by atoms with Gasteiger partial charge >= 0.3 is 12.1 Å². The van der Waals surface area contributed by atoms with Gasteiger partial charge < -0.3 is 15.3 Å². The highest BCUT2D eigenvalue weighted by molar-refractivity contribution is 5.92. The number of hydrogen-bond donors (Lipinski definition) is 3. The van der Waals surface area contributed by atoms with Crippen molar-refractivity contribution in [1.29, 1.82) is 0 Å². The predicted octanol–water partition coefficient (Wildman–Crippen LogP) is -0.187. The molecule has 0 atom stereocenters. The molecule has 0 unspecified atom stereocenters. The number of imidazole rings is 1. The van der Waals surface area contributed by atoms with Crippen molar-refractivity contribution >= 4 is 12.1 Å². The maximum Gasteiger partial charge on any atom is 0.417 e. The molecule has 0 saturated heterocycles. The van der Waals surface area contributed by atoms with Gasteiger partial charge in [0.15, 0.2) is 0 Å². The van der Waals surface area contributed by atoms with E-state index in [0.29, 0.717) is 10.9 Å². The van der Waals surface area contributed by atoms with Crippen LogP contribution in [0.25, 0.3) is 0 Å². The second kappa shape index (κ2) is 2.53. The zero-order chi connectivity index (χ0) is 9.30. The van der Waals surface area contributed by atoms with Gasteiger partial charge in [-0.2, -0.15) is 0 Å². The number of hydrogen-bond acceptors (Lipinski definition) is 4. The van der Waals surface area contributed by atoms with Crippen molar-refractivity contribution in [1.82, 2.24) is 9.55 Å². The van der Waals surface area contributed by atoms with Gasteiger partial charge in [0.1, 0.15) is 6.33 Å². The second-order valence-electron chi connectivity index (χ2n) is 1.87. The van der Waals surface area contributed by atoms with Crippen LogP contribution in [0.4, 0.5) is 4.79 Å². The summed E-state index contributed by atoms with van der Waals surface area (Å²) in [5, 5.41) is 25.6. The van der Waals surface area contributed by atoms with Gasteiger partial charge in [0.25, 0.3) is 0 Å². The first-order valence-electron chi connectivity index (χ1n) is 2.77. The van der Waals surface area contributed by atoms with Crippen molar-refractivity contribution in [2.45, 2.75) is 0 Å². The molecule has 0 aliphatic heterocycles. The summed E-state index contributed by atoms with van der Waals surface area (Å²) in [5.41, 5.74) is -0.762. The summed E-state index contributed by atoms with van der Waals surface area (Å²) in [4.78, 5) is 23.7. The van der Waals surface area contributed by atoms with Gasteiger partial charge in [0, 0.05) is 0 Å². The third-order valence-electron chi connectivity index (χ3n) is 1.16. The zero-order valence-electron chi connectivity index (χ0n) is 5.63. The lowest BCUT2D eigenvalue weighted by Crippen LogP contribution is -2.14. The van der Waals surface area contributed by atoms with Crippen molar-refractivity contribution < 1.29 is 24.9 Å². The molecule has 0 fully saturated rings. The Kier molecular flexibility index (Phi) is 1.70. The number of nitrogens with zero attached hydrogens (tertiary/aromatic N) is 2. The fourth-order valence-corrected chi connectivity index (χ4v) is 0.683. The lowest BCUT2D eigenvalue weighted by atomic mass is 10.4. The van der Waals surface area contributed by atoms with Crippen molar-refractivity contribution in [3.05, 3.63) is 12.0 Å². The van der Waals surface area contributed by atoms with Crippen LogP contribution >= 0.6 is 0 Å². The van der Waals surface area contributed by atoms with Gasteiger partial charge in [0.2, 0.25) is 11.6 Å². The van der Waals surface area contributed by atoms with E-state index in [-0.39, 0.29) is 0 Å². The summed E-state index contributed by atoms with van der Waals surface area (Å²) < 4.78 is 0.317. The van der Waals surface area contributed by atoms with Crippen LogP contribution < -0.4 is 0 Å². The molecule has 1 heterocycles. The fraction of sp³-hybridized carbons (Fsp3) is 0. The maximum absolute atomic E-state index is 10.3. The first-order chi connectivity index (χ1) is 5.54. The summed E-state index contributed by atoms with van der Waals surface area (Å²) in [6.45, 7) is 0. The molecule has 0 amide bonds. The third kappa shape index (κ3) is 1.07. The third-order valence-corrected chi connectivity index (χ3v) is 1.16. The first kappa shape index (κ1) is 8.05. The normalized spacial score (nSPS) is 9.67. The van der Waals surface area contributed by atoms with Gasteiger partial charge in [-0.1, -0.05) is 0 Å². The molecular weight excluding hydrogens is 168 g/mol. The fourth-order valence-electron chi connectivity index (χ4n) is 0.683. The highest BCUT2D eigenvalue weighted by Crippen LogP contribution is 2.13. The Morgan fingerprint density at radius 3 is 2.33 bits per heavy atom. The summed E-state index contributed by atoms with van der Waals surface area (Å²) in [7, 11) is 0. The van der Waals surface area contributed by atoms with Gasteiger partial charge in [0.05, 0.1) is 0 Å². The number of carboxylic acid groups (broad SMARTS) is 2. The molecule has 1 rings (SSSR count). The van der Waals surface area contributed by atoms with E-state index >= 15 is 0 Å². The summed E-state index contributed by atoms with van der Waals surface area (Å²) in [5.74, 6) is -2.36. The monoisotopic (exact) mass is 172 g/mol. The van der Waals surface area contributed by atoms with Crippen LogP contribution in [-0.2, 0) is 0 Å². The number of aromatic hydroxyl groups is 1. The second-order valence-corrected chi connectivity index (χ2v) is 1.87. The van der Waals surface area contributed by atoms with E-state index in [9.17, 15) is 9.59 Å². The smallest absolute Gasteiger partial charge is 0.417 e. The maximum atomic E-state index is 10.3.